The fraction of sp³-hybridized carbons (Fsp3) is 0.333. The van der Waals surface area contributed by atoms with Gasteiger partial charge in [0.05, 0.1) is 0 Å². The predicted octanol–water partition coefficient (Wildman–Crippen LogP) is 3.68. The minimum Gasteiger partial charge on any atom is -0.309 e. The number of hydrogen-bond donors (Lipinski definition) is 1. The van der Waals surface area contributed by atoms with Crippen LogP contribution < -0.4 is 5.32 Å². The van der Waals surface area contributed by atoms with E-state index in [4.69, 9.17) is 0 Å². The molecular weight excluding hydrogens is 230 g/mol. The first kappa shape index (κ1) is 11.2. The highest BCUT2D eigenvalue weighted by atomic mass is 14.9. The first-order valence-corrected chi connectivity index (χ1v) is 7.29. The van der Waals surface area contributed by atoms with Crippen molar-refractivity contribution < 1.29 is 0 Å². The molecule has 3 atom stereocenters. The molecule has 3 unspecified atom stereocenters. The Morgan fingerprint density at radius 2 is 1.68 bits per heavy atom. The molecule has 1 aliphatic carbocycles. The van der Waals surface area contributed by atoms with Crippen LogP contribution in [0.15, 0.2) is 54.6 Å². The van der Waals surface area contributed by atoms with Gasteiger partial charge in [-0.15, -0.1) is 0 Å². The number of rotatable bonds is 2. The van der Waals surface area contributed by atoms with Gasteiger partial charge in [0.25, 0.3) is 0 Å². The molecule has 1 fully saturated rings. The highest BCUT2D eigenvalue weighted by Crippen LogP contribution is 2.54. The summed E-state index contributed by atoms with van der Waals surface area (Å²) in [6.07, 6.45) is 2.51. The van der Waals surface area contributed by atoms with Crippen LogP contribution >= 0.6 is 0 Å². The highest BCUT2D eigenvalue weighted by Gasteiger charge is 2.45. The molecule has 1 heteroatoms. The second-order valence-corrected chi connectivity index (χ2v) is 5.80. The van der Waals surface area contributed by atoms with Crippen LogP contribution in [0.25, 0.3) is 0 Å². The molecule has 0 spiro atoms. The van der Waals surface area contributed by atoms with E-state index in [9.17, 15) is 0 Å². The molecule has 1 saturated carbocycles. The lowest BCUT2D eigenvalue weighted by atomic mass is 9.90. The Morgan fingerprint density at radius 1 is 0.895 bits per heavy atom. The van der Waals surface area contributed by atoms with Gasteiger partial charge in [0.15, 0.2) is 0 Å². The summed E-state index contributed by atoms with van der Waals surface area (Å²) in [4.78, 5) is 0. The Balaban J connectivity index is 1.60. The molecule has 0 radical (unpaired) electrons. The van der Waals surface area contributed by atoms with Crippen molar-refractivity contribution in [3.8, 4) is 0 Å². The van der Waals surface area contributed by atoms with Crippen molar-refractivity contribution in [3.63, 3.8) is 0 Å². The van der Waals surface area contributed by atoms with Crippen molar-refractivity contribution in [1.29, 1.82) is 0 Å². The van der Waals surface area contributed by atoms with Crippen molar-refractivity contribution in [2.45, 2.75) is 24.8 Å². The lowest BCUT2D eigenvalue weighted by Gasteiger charge is -2.27. The van der Waals surface area contributed by atoms with E-state index >= 15 is 0 Å². The normalized spacial score (nSPS) is 28.7. The third kappa shape index (κ3) is 1.98. The van der Waals surface area contributed by atoms with E-state index in [1.807, 2.05) is 0 Å². The SMILES string of the molecule is c1ccc(C2CC2C2NCCc3ccccc32)cc1. The standard InChI is InChI=1S/C18H19N/c1-2-6-13(7-3-1)16-12-17(16)18-15-9-5-4-8-14(15)10-11-19-18/h1-9,16-19H,10-12H2. The smallest absolute Gasteiger partial charge is 0.0357 e. The summed E-state index contributed by atoms with van der Waals surface area (Å²) in [5, 5.41) is 3.74. The molecule has 4 rings (SSSR count). The van der Waals surface area contributed by atoms with Crippen LogP contribution in [0.4, 0.5) is 0 Å². The molecule has 1 N–H and O–H groups in total. The molecule has 0 amide bonds. The summed E-state index contributed by atoms with van der Waals surface area (Å²) < 4.78 is 0. The van der Waals surface area contributed by atoms with Gasteiger partial charge in [0, 0.05) is 6.04 Å². The van der Waals surface area contributed by atoms with Gasteiger partial charge < -0.3 is 5.32 Å². The minimum atomic E-state index is 0.565. The fourth-order valence-corrected chi connectivity index (χ4v) is 3.59. The average Bonchev–Trinajstić information content (AvgIpc) is 3.28. The molecule has 1 aliphatic heterocycles. The maximum absolute atomic E-state index is 3.74. The molecule has 2 aliphatic rings. The van der Waals surface area contributed by atoms with Crippen molar-refractivity contribution >= 4 is 0 Å². The third-order valence-corrected chi connectivity index (χ3v) is 4.64. The summed E-state index contributed by atoms with van der Waals surface area (Å²) in [6.45, 7) is 1.12. The average molecular weight is 249 g/mol. The zero-order valence-corrected chi connectivity index (χ0v) is 11.0. The summed E-state index contributed by atoms with van der Waals surface area (Å²) in [7, 11) is 0. The predicted molar refractivity (Wildman–Crippen MR) is 78.2 cm³/mol. The second-order valence-electron chi connectivity index (χ2n) is 5.80. The molecule has 1 heterocycles. The fourth-order valence-electron chi connectivity index (χ4n) is 3.59. The highest BCUT2D eigenvalue weighted by molar-refractivity contribution is 5.36. The molecule has 0 bridgehead atoms. The molecule has 2 aromatic carbocycles. The topological polar surface area (TPSA) is 12.0 Å². The lowest BCUT2D eigenvalue weighted by Crippen LogP contribution is -2.31. The van der Waals surface area contributed by atoms with Crippen molar-refractivity contribution in [2.75, 3.05) is 6.54 Å². The van der Waals surface area contributed by atoms with E-state index in [-0.39, 0.29) is 0 Å². The van der Waals surface area contributed by atoms with E-state index in [1.54, 1.807) is 5.56 Å². The molecule has 19 heavy (non-hydrogen) atoms. The molecule has 0 aromatic heterocycles. The Hall–Kier alpha value is -1.60. The Bertz CT molecular complexity index is 575. The Kier molecular flexibility index (Phi) is 2.66. The number of benzene rings is 2. The van der Waals surface area contributed by atoms with Crippen LogP contribution in [0.2, 0.25) is 0 Å². The number of nitrogens with one attached hydrogen (secondary N) is 1. The van der Waals surface area contributed by atoms with Crippen LogP contribution in [-0.4, -0.2) is 6.54 Å². The van der Waals surface area contributed by atoms with Gasteiger partial charge in [0.2, 0.25) is 0 Å². The molecular formula is C18H19N. The molecule has 0 saturated heterocycles. The lowest BCUT2D eigenvalue weighted by molar-refractivity contribution is 0.451. The van der Waals surface area contributed by atoms with Crippen LogP contribution in [0.5, 0.6) is 0 Å². The van der Waals surface area contributed by atoms with Crippen LogP contribution in [0, 0.1) is 5.92 Å². The number of hydrogen-bond acceptors (Lipinski definition) is 1. The van der Waals surface area contributed by atoms with Crippen molar-refractivity contribution in [2.24, 2.45) is 5.92 Å². The monoisotopic (exact) mass is 249 g/mol. The van der Waals surface area contributed by atoms with Gasteiger partial charge in [0.1, 0.15) is 0 Å². The van der Waals surface area contributed by atoms with Crippen LogP contribution in [0.3, 0.4) is 0 Å². The maximum atomic E-state index is 3.74. The molecule has 96 valence electrons. The van der Waals surface area contributed by atoms with Crippen molar-refractivity contribution in [3.05, 3.63) is 71.3 Å². The van der Waals surface area contributed by atoms with Crippen LogP contribution in [0.1, 0.15) is 35.1 Å². The summed E-state index contributed by atoms with van der Waals surface area (Å²) in [6, 6.07) is 20.5. The first-order valence-electron chi connectivity index (χ1n) is 7.29. The maximum Gasteiger partial charge on any atom is 0.0357 e. The zero-order chi connectivity index (χ0) is 12.7. The van der Waals surface area contributed by atoms with E-state index in [0.717, 1.165) is 18.4 Å². The second kappa shape index (κ2) is 4.50. The van der Waals surface area contributed by atoms with E-state index in [0.29, 0.717) is 6.04 Å². The summed E-state index contributed by atoms with van der Waals surface area (Å²) >= 11 is 0. The first-order chi connectivity index (χ1) is 9.43. The quantitative estimate of drug-likeness (QED) is 0.856. The van der Waals surface area contributed by atoms with Gasteiger partial charge in [-0.05, 0) is 47.9 Å². The van der Waals surface area contributed by atoms with Gasteiger partial charge in [-0.1, -0.05) is 54.6 Å². The van der Waals surface area contributed by atoms with E-state index < -0.39 is 0 Å². The third-order valence-electron chi connectivity index (χ3n) is 4.64. The van der Waals surface area contributed by atoms with Crippen LogP contribution in [-0.2, 0) is 6.42 Å². The van der Waals surface area contributed by atoms with Gasteiger partial charge in [-0.3, -0.25) is 0 Å². The van der Waals surface area contributed by atoms with Gasteiger partial charge in [-0.25, -0.2) is 0 Å². The Labute approximate surface area is 114 Å². The molecule has 1 nitrogen and oxygen atoms in total. The zero-order valence-electron chi connectivity index (χ0n) is 11.0. The summed E-state index contributed by atoms with van der Waals surface area (Å²) in [5.41, 5.74) is 4.60. The largest absolute Gasteiger partial charge is 0.309 e. The number of fused-ring (bicyclic) bond motifs is 1. The van der Waals surface area contributed by atoms with Gasteiger partial charge >= 0.3 is 0 Å². The van der Waals surface area contributed by atoms with E-state index in [2.05, 4.69) is 59.9 Å². The minimum absolute atomic E-state index is 0.565. The van der Waals surface area contributed by atoms with E-state index in [1.165, 1.54) is 24.0 Å². The van der Waals surface area contributed by atoms with Gasteiger partial charge in [-0.2, -0.15) is 0 Å². The summed E-state index contributed by atoms with van der Waals surface area (Å²) in [5.74, 6) is 1.54. The Morgan fingerprint density at radius 3 is 2.58 bits per heavy atom. The molecule has 2 aromatic rings. The van der Waals surface area contributed by atoms with Crippen molar-refractivity contribution in [1.82, 2.24) is 5.32 Å².